The highest BCUT2D eigenvalue weighted by molar-refractivity contribution is 5.79. The number of carbonyl (C=O) groups is 1. The van der Waals surface area contributed by atoms with Gasteiger partial charge in [0.2, 0.25) is 5.91 Å². The van der Waals surface area contributed by atoms with Gasteiger partial charge >= 0.3 is 0 Å². The molecule has 1 amide bonds. The maximum absolute atomic E-state index is 11.8. The van der Waals surface area contributed by atoms with Gasteiger partial charge < -0.3 is 9.64 Å². The zero-order valence-electron chi connectivity index (χ0n) is 12.3. The van der Waals surface area contributed by atoms with Gasteiger partial charge in [-0.15, -0.1) is 0 Å². The van der Waals surface area contributed by atoms with Gasteiger partial charge in [0.25, 0.3) is 0 Å². The lowest BCUT2D eigenvalue weighted by molar-refractivity contribution is -0.134. The summed E-state index contributed by atoms with van der Waals surface area (Å²) in [6.07, 6.45) is 4.00. The molecule has 0 N–H and O–H groups in total. The first-order valence-electron chi connectivity index (χ1n) is 7.36. The van der Waals surface area contributed by atoms with Crippen LogP contribution in [0.25, 0.3) is 10.9 Å². The van der Waals surface area contributed by atoms with Crippen molar-refractivity contribution >= 4 is 16.8 Å². The monoisotopic (exact) mass is 284 g/mol. The van der Waals surface area contributed by atoms with Gasteiger partial charge in [0.15, 0.2) is 0 Å². The van der Waals surface area contributed by atoms with E-state index in [1.54, 1.807) is 7.11 Å². The molecule has 4 heteroatoms. The number of rotatable bonds is 4. The smallest absolute Gasteiger partial charge is 0.248 e. The molecule has 2 aromatic rings. The number of carbonyl (C=O) groups excluding carboxylic acids is 1. The Labute approximate surface area is 124 Å². The lowest BCUT2D eigenvalue weighted by Gasteiger charge is -2.16. The first-order valence-corrected chi connectivity index (χ1v) is 7.36. The fourth-order valence-electron chi connectivity index (χ4n) is 3.00. The molecule has 0 saturated carbocycles. The van der Waals surface area contributed by atoms with Gasteiger partial charge in [0, 0.05) is 31.8 Å². The summed E-state index contributed by atoms with van der Waals surface area (Å²) in [7, 11) is 1.56. The molecule has 1 aliphatic heterocycles. The molecule has 110 valence electrons. The quantitative estimate of drug-likeness (QED) is 0.865. The number of ether oxygens (including phenoxy) is 1. The van der Waals surface area contributed by atoms with Crippen molar-refractivity contribution in [1.29, 1.82) is 0 Å². The van der Waals surface area contributed by atoms with Crippen LogP contribution in [0.1, 0.15) is 12.0 Å². The third-order valence-electron chi connectivity index (χ3n) is 4.08. The Kier molecular flexibility index (Phi) is 4.15. The van der Waals surface area contributed by atoms with Crippen molar-refractivity contribution in [1.82, 2.24) is 9.88 Å². The molecule has 2 heterocycles. The van der Waals surface area contributed by atoms with Crippen LogP contribution in [-0.2, 0) is 16.0 Å². The highest BCUT2D eigenvalue weighted by atomic mass is 16.5. The summed E-state index contributed by atoms with van der Waals surface area (Å²) in [5.41, 5.74) is 2.28. The van der Waals surface area contributed by atoms with Crippen LogP contribution in [0.2, 0.25) is 0 Å². The van der Waals surface area contributed by atoms with Crippen LogP contribution >= 0.6 is 0 Å². The van der Waals surface area contributed by atoms with Crippen LogP contribution in [0.5, 0.6) is 0 Å². The Morgan fingerprint density at radius 1 is 1.43 bits per heavy atom. The maximum Gasteiger partial charge on any atom is 0.248 e. The molecule has 1 atom stereocenters. The van der Waals surface area contributed by atoms with Crippen molar-refractivity contribution in [2.75, 3.05) is 26.8 Å². The number of methoxy groups -OCH3 is 1. The summed E-state index contributed by atoms with van der Waals surface area (Å²) >= 11 is 0. The van der Waals surface area contributed by atoms with Crippen molar-refractivity contribution in [3.8, 4) is 0 Å². The highest BCUT2D eigenvalue weighted by Gasteiger charge is 2.26. The van der Waals surface area contributed by atoms with E-state index in [2.05, 4.69) is 17.1 Å². The highest BCUT2D eigenvalue weighted by Crippen LogP contribution is 2.22. The average Bonchev–Trinajstić information content (AvgIpc) is 2.96. The summed E-state index contributed by atoms with van der Waals surface area (Å²) in [6, 6.07) is 10.4. The van der Waals surface area contributed by atoms with Crippen LogP contribution in [0.3, 0.4) is 0 Å². The number of nitrogens with zero attached hydrogens (tertiary/aromatic N) is 2. The van der Waals surface area contributed by atoms with Crippen LogP contribution in [0.4, 0.5) is 0 Å². The lowest BCUT2D eigenvalue weighted by atomic mass is 9.99. The van der Waals surface area contributed by atoms with Gasteiger partial charge in [-0.1, -0.05) is 18.2 Å². The van der Waals surface area contributed by atoms with E-state index in [0.717, 1.165) is 31.4 Å². The SMILES string of the molecule is COCC(=O)N1CC[C@H](Cc2cnc3ccccc3c2)C1. The van der Waals surface area contributed by atoms with Crippen molar-refractivity contribution in [2.24, 2.45) is 5.92 Å². The molecule has 1 fully saturated rings. The van der Waals surface area contributed by atoms with Crippen molar-refractivity contribution < 1.29 is 9.53 Å². The molecule has 0 spiro atoms. The topological polar surface area (TPSA) is 42.4 Å². The molecule has 1 aliphatic rings. The van der Waals surface area contributed by atoms with Gasteiger partial charge in [0.05, 0.1) is 5.52 Å². The second kappa shape index (κ2) is 6.22. The number of likely N-dealkylation sites (tertiary alicyclic amines) is 1. The zero-order valence-corrected chi connectivity index (χ0v) is 12.3. The Morgan fingerprint density at radius 2 is 2.29 bits per heavy atom. The summed E-state index contributed by atoms with van der Waals surface area (Å²) in [6.45, 7) is 1.85. The van der Waals surface area contributed by atoms with E-state index in [4.69, 9.17) is 4.74 Å². The van der Waals surface area contributed by atoms with Gasteiger partial charge in [-0.3, -0.25) is 9.78 Å². The Hall–Kier alpha value is -1.94. The lowest BCUT2D eigenvalue weighted by Crippen LogP contribution is -2.31. The number of pyridine rings is 1. The molecule has 0 bridgehead atoms. The summed E-state index contributed by atoms with van der Waals surface area (Å²) < 4.78 is 4.92. The van der Waals surface area contributed by atoms with Crippen LogP contribution in [0, 0.1) is 5.92 Å². The molecular weight excluding hydrogens is 264 g/mol. The number of aromatic nitrogens is 1. The third kappa shape index (κ3) is 3.22. The molecule has 4 nitrogen and oxygen atoms in total. The first kappa shape index (κ1) is 14.0. The summed E-state index contributed by atoms with van der Waals surface area (Å²) in [4.78, 5) is 18.2. The maximum atomic E-state index is 11.8. The summed E-state index contributed by atoms with van der Waals surface area (Å²) in [5, 5.41) is 1.18. The third-order valence-corrected chi connectivity index (χ3v) is 4.08. The molecule has 1 aromatic carbocycles. The van der Waals surface area contributed by atoms with E-state index in [9.17, 15) is 4.79 Å². The number of amides is 1. The molecule has 3 rings (SSSR count). The molecule has 0 radical (unpaired) electrons. The molecule has 1 saturated heterocycles. The number of hydrogen-bond acceptors (Lipinski definition) is 3. The van der Waals surface area contributed by atoms with Crippen molar-refractivity contribution in [3.63, 3.8) is 0 Å². The number of para-hydroxylation sites is 1. The van der Waals surface area contributed by atoms with Crippen molar-refractivity contribution in [3.05, 3.63) is 42.1 Å². The number of benzene rings is 1. The number of hydrogen-bond donors (Lipinski definition) is 0. The van der Waals surface area contributed by atoms with E-state index < -0.39 is 0 Å². The summed E-state index contributed by atoms with van der Waals surface area (Å²) in [5.74, 6) is 0.616. The van der Waals surface area contributed by atoms with Crippen LogP contribution < -0.4 is 0 Å². The van der Waals surface area contributed by atoms with E-state index in [0.29, 0.717) is 5.92 Å². The second-order valence-corrected chi connectivity index (χ2v) is 5.67. The van der Waals surface area contributed by atoms with Gasteiger partial charge in [-0.2, -0.15) is 0 Å². The zero-order chi connectivity index (χ0) is 14.7. The number of fused-ring (bicyclic) bond motifs is 1. The van der Waals surface area contributed by atoms with Gasteiger partial charge in [-0.25, -0.2) is 0 Å². The predicted octanol–water partition coefficient (Wildman–Crippen LogP) is 2.27. The first-order chi connectivity index (χ1) is 10.3. The van der Waals surface area contributed by atoms with Gasteiger partial charge in [-0.05, 0) is 36.5 Å². The van der Waals surface area contributed by atoms with E-state index in [-0.39, 0.29) is 12.5 Å². The molecule has 0 unspecified atom stereocenters. The van der Waals surface area contributed by atoms with E-state index in [1.807, 2.05) is 29.3 Å². The molecule has 21 heavy (non-hydrogen) atoms. The normalized spacial score (nSPS) is 18.3. The largest absolute Gasteiger partial charge is 0.375 e. The Bertz CT molecular complexity index is 641. The van der Waals surface area contributed by atoms with E-state index in [1.165, 1.54) is 10.9 Å². The van der Waals surface area contributed by atoms with Crippen LogP contribution in [0.15, 0.2) is 36.5 Å². The minimum atomic E-state index is 0.0941. The molecular formula is C17H20N2O2. The fourth-order valence-corrected chi connectivity index (χ4v) is 3.00. The minimum absolute atomic E-state index is 0.0941. The average molecular weight is 284 g/mol. The minimum Gasteiger partial charge on any atom is -0.375 e. The fraction of sp³-hybridized carbons (Fsp3) is 0.412. The molecule has 1 aromatic heterocycles. The standard InChI is InChI=1S/C17H20N2O2/c1-21-12-17(20)19-7-6-13(11-19)8-14-9-15-4-2-3-5-16(15)18-10-14/h2-5,9-10,13H,6-8,11-12H2,1H3/t13-/m1/s1. The second-order valence-electron chi connectivity index (χ2n) is 5.67. The Balaban J connectivity index is 1.65. The van der Waals surface area contributed by atoms with Crippen LogP contribution in [-0.4, -0.2) is 42.6 Å². The Morgan fingerprint density at radius 3 is 3.14 bits per heavy atom. The van der Waals surface area contributed by atoms with E-state index >= 15 is 0 Å². The molecule has 0 aliphatic carbocycles. The van der Waals surface area contributed by atoms with Crippen molar-refractivity contribution in [2.45, 2.75) is 12.8 Å². The van der Waals surface area contributed by atoms with Gasteiger partial charge in [0.1, 0.15) is 6.61 Å². The predicted molar refractivity (Wildman–Crippen MR) is 82.0 cm³/mol.